The lowest BCUT2D eigenvalue weighted by Gasteiger charge is -2.36. The molecule has 0 aliphatic carbocycles. The molecule has 2 heterocycles. The van der Waals surface area contributed by atoms with Gasteiger partial charge < -0.3 is 8.85 Å². The molecule has 2 rings (SSSR count). The fourth-order valence-electron chi connectivity index (χ4n) is 2.46. The van der Waals surface area contributed by atoms with Gasteiger partial charge in [0.05, 0.1) is 15.1 Å². The van der Waals surface area contributed by atoms with Gasteiger partial charge in [0.15, 0.2) is 16.6 Å². The van der Waals surface area contributed by atoms with Crippen molar-refractivity contribution in [2.75, 3.05) is 19.0 Å². The highest BCUT2D eigenvalue weighted by Crippen LogP contribution is 2.37. The Kier molecular flexibility index (Phi) is 13.7. The molecule has 0 radical (unpaired) electrons. The number of pyridine rings is 2. The summed E-state index contributed by atoms with van der Waals surface area (Å²) in [6.07, 6.45) is 5.34. The first kappa shape index (κ1) is 33.6. The normalized spacial score (nSPS) is 12.8. The lowest BCUT2D eigenvalue weighted by Crippen LogP contribution is -2.41. The van der Waals surface area contributed by atoms with Crippen molar-refractivity contribution >= 4 is 51.6 Å². The summed E-state index contributed by atoms with van der Waals surface area (Å²) in [5, 5.41) is 2.92. The minimum atomic E-state index is -1.61. The van der Waals surface area contributed by atoms with Crippen LogP contribution in [0.1, 0.15) is 53.7 Å². The van der Waals surface area contributed by atoms with Crippen molar-refractivity contribution < 1.29 is 8.85 Å². The van der Waals surface area contributed by atoms with Gasteiger partial charge in [-0.15, -0.1) is 11.8 Å². The van der Waals surface area contributed by atoms with Gasteiger partial charge in [0.2, 0.25) is 0 Å². The molecule has 36 heavy (non-hydrogen) atoms. The van der Waals surface area contributed by atoms with E-state index in [-0.39, 0.29) is 10.1 Å². The van der Waals surface area contributed by atoms with E-state index in [1.165, 1.54) is 0 Å². The first-order chi connectivity index (χ1) is 16.4. The summed E-state index contributed by atoms with van der Waals surface area (Å²) >= 11 is 13.3. The lowest BCUT2D eigenvalue weighted by atomic mass is 10.2. The van der Waals surface area contributed by atoms with Crippen LogP contribution in [0.3, 0.4) is 0 Å². The third-order valence-electron chi connectivity index (χ3n) is 6.94. The number of rotatable bonds is 10. The van der Waals surface area contributed by atoms with Gasteiger partial charge in [-0.2, -0.15) is 0 Å². The van der Waals surface area contributed by atoms with E-state index in [4.69, 9.17) is 32.1 Å². The van der Waals surface area contributed by atoms with E-state index in [1.807, 2.05) is 24.3 Å². The first-order valence-electron chi connectivity index (χ1n) is 12.6. The second-order valence-electron chi connectivity index (χ2n) is 12.0. The quantitative estimate of drug-likeness (QED) is 0.157. The number of aryl methyl sites for hydroxylation is 1. The van der Waals surface area contributed by atoms with Crippen molar-refractivity contribution in [2.45, 2.75) is 95.7 Å². The molecule has 2 aromatic rings. The Balaban J connectivity index is 0.000000360. The fourth-order valence-corrected chi connectivity index (χ4v) is 5.63. The predicted octanol–water partition coefficient (Wildman–Crippen LogP) is 9.54. The minimum absolute atomic E-state index is 0.274. The van der Waals surface area contributed by atoms with E-state index in [2.05, 4.69) is 77.7 Å². The molecule has 0 aliphatic heterocycles. The zero-order valence-corrected chi connectivity index (χ0v) is 28.2. The fraction of sp³-hybridized carbons (Fsp3) is 0.630. The average Bonchev–Trinajstić information content (AvgIpc) is 2.76. The molecule has 0 saturated carbocycles. The van der Waals surface area contributed by atoms with Crippen LogP contribution in [0, 0.1) is 0 Å². The number of thioether (sulfide) groups is 1. The Morgan fingerprint density at radius 3 is 1.69 bits per heavy atom. The summed E-state index contributed by atoms with van der Waals surface area (Å²) in [6.45, 7) is 24.3. The highest BCUT2D eigenvalue weighted by Gasteiger charge is 2.37. The highest BCUT2D eigenvalue weighted by molar-refractivity contribution is 7.99. The monoisotopic (exact) mass is 588 g/mol. The van der Waals surface area contributed by atoms with Gasteiger partial charge in [-0.25, -0.2) is 4.98 Å². The van der Waals surface area contributed by atoms with Crippen LogP contribution in [-0.4, -0.2) is 45.6 Å². The Morgan fingerprint density at radius 1 is 0.750 bits per heavy atom. The molecule has 204 valence electrons. The maximum Gasteiger partial charge on any atom is 0.192 e. The van der Waals surface area contributed by atoms with Crippen LogP contribution >= 0.6 is 35.0 Å². The molecular weight excluding hydrogens is 543 g/mol. The zero-order valence-electron chi connectivity index (χ0n) is 23.9. The number of nitrogens with zero attached hydrogens (tertiary/aromatic N) is 2. The van der Waals surface area contributed by atoms with Crippen LogP contribution in [0.15, 0.2) is 41.7 Å². The number of halogens is 2. The number of hydrogen-bond donors (Lipinski definition) is 0. The van der Waals surface area contributed by atoms with Crippen LogP contribution in [0.4, 0.5) is 0 Å². The second-order valence-corrected chi connectivity index (χ2v) is 23.6. The highest BCUT2D eigenvalue weighted by atomic mass is 35.5. The van der Waals surface area contributed by atoms with Gasteiger partial charge in [-0.05, 0) is 73.4 Å². The molecular formula is C27H46Cl2N2O2SSi2. The first-order valence-corrected chi connectivity index (χ1v) is 20.1. The molecule has 0 spiro atoms. The lowest BCUT2D eigenvalue weighted by molar-refractivity contribution is 0.282. The smallest absolute Gasteiger partial charge is 0.192 e. The standard InChI is InChI=1S/C14H24ClNOSi.C13H22ClNOSSi/c1-14(2,3)18(4,5)17-10-6-7-13-9-8-12(15)11-16-13;1-13(2,3)18(4,5)16-8-9-17-12-7-6-11(14)10-15-12/h8-9,11H,6-7,10H2,1-5H3;6-7,10H,8-9H2,1-5H3. The summed E-state index contributed by atoms with van der Waals surface area (Å²) < 4.78 is 12.2. The molecule has 0 aromatic carbocycles. The Labute approximate surface area is 236 Å². The van der Waals surface area contributed by atoms with Crippen LogP contribution in [0.5, 0.6) is 0 Å². The van der Waals surface area contributed by atoms with Crippen LogP contribution in [0.25, 0.3) is 0 Å². The molecule has 0 bridgehead atoms. The Morgan fingerprint density at radius 2 is 1.25 bits per heavy atom. The molecule has 0 unspecified atom stereocenters. The molecule has 4 nitrogen and oxygen atoms in total. The van der Waals surface area contributed by atoms with E-state index in [0.717, 1.165) is 42.5 Å². The van der Waals surface area contributed by atoms with Gasteiger partial charge >= 0.3 is 0 Å². The molecule has 0 atom stereocenters. The minimum Gasteiger partial charge on any atom is -0.417 e. The third kappa shape index (κ3) is 12.4. The van der Waals surface area contributed by atoms with E-state index in [1.54, 1.807) is 24.2 Å². The van der Waals surface area contributed by atoms with Crippen molar-refractivity contribution in [2.24, 2.45) is 0 Å². The molecule has 0 amide bonds. The largest absolute Gasteiger partial charge is 0.417 e. The average molecular weight is 590 g/mol. The van der Waals surface area contributed by atoms with Crippen molar-refractivity contribution in [3.8, 4) is 0 Å². The second kappa shape index (κ2) is 14.7. The molecule has 0 saturated heterocycles. The molecule has 0 N–H and O–H groups in total. The summed E-state index contributed by atoms with van der Waals surface area (Å²) in [7, 11) is -3.20. The predicted molar refractivity (Wildman–Crippen MR) is 164 cm³/mol. The van der Waals surface area contributed by atoms with E-state index in [0.29, 0.717) is 10.0 Å². The maximum atomic E-state index is 6.12. The van der Waals surface area contributed by atoms with E-state index >= 15 is 0 Å². The number of hydrogen-bond acceptors (Lipinski definition) is 5. The van der Waals surface area contributed by atoms with Crippen molar-refractivity contribution in [3.05, 3.63) is 52.4 Å². The molecule has 0 aliphatic rings. The van der Waals surface area contributed by atoms with E-state index < -0.39 is 16.6 Å². The Hall–Kier alpha value is -0.416. The molecule has 9 heteroatoms. The van der Waals surface area contributed by atoms with Gasteiger partial charge in [0.1, 0.15) is 0 Å². The van der Waals surface area contributed by atoms with Crippen molar-refractivity contribution in [3.63, 3.8) is 0 Å². The van der Waals surface area contributed by atoms with Gasteiger partial charge in [-0.1, -0.05) is 64.7 Å². The van der Waals surface area contributed by atoms with Crippen LogP contribution in [-0.2, 0) is 15.3 Å². The summed E-state index contributed by atoms with van der Waals surface area (Å²) in [5.74, 6) is 0.932. The van der Waals surface area contributed by atoms with Crippen molar-refractivity contribution in [1.82, 2.24) is 9.97 Å². The van der Waals surface area contributed by atoms with Gasteiger partial charge in [0, 0.05) is 37.1 Å². The summed E-state index contributed by atoms with van der Waals surface area (Å²) in [4.78, 5) is 8.53. The summed E-state index contributed by atoms with van der Waals surface area (Å²) in [5.41, 5.74) is 1.08. The van der Waals surface area contributed by atoms with Crippen LogP contribution < -0.4 is 0 Å². The van der Waals surface area contributed by atoms with Gasteiger partial charge in [0.25, 0.3) is 0 Å². The Bertz CT molecular complexity index is 822. The van der Waals surface area contributed by atoms with E-state index in [9.17, 15) is 0 Å². The summed E-state index contributed by atoms with van der Waals surface area (Å²) in [6, 6.07) is 7.68. The molecule has 2 aromatic heterocycles. The maximum absolute atomic E-state index is 6.12. The topological polar surface area (TPSA) is 44.2 Å². The number of aromatic nitrogens is 2. The zero-order chi connectivity index (χ0) is 27.6. The molecule has 0 fully saturated rings. The van der Waals surface area contributed by atoms with Gasteiger partial charge in [-0.3, -0.25) is 4.98 Å². The van der Waals surface area contributed by atoms with Crippen LogP contribution in [0.2, 0.25) is 46.3 Å². The van der Waals surface area contributed by atoms with Crippen molar-refractivity contribution in [1.29, 1.82) is 0 Å². The SMILES string of the molecule is CC(C)(C)[Si](C)(C)OCCCc1ccc(Cl)cn1.CC(C)(C)[Si](C)(C)OCCSc1ccc(Cl)cn1. The third-order valence-corrected chi connectivity index (χ3v) is 17.4.